The molecule has 2 nitrogen and oxygen atoms in total. The summed E-state index contributed by atoms with van der Waals surface area (Å²) in [5.41, 5.74) is 0. The van der Waals surface area contributed by atoms with E-state index in [1.165, 1.54) is 10.4 Å². The molecule has 3 heteroatoms. The third-order valence-electron chi connectivity index (χ3n) is 4.47. The van der Waals surface area contributed by atoms with Gasteiger partial charge in [0.05, 0.1) is 12.2 Å². The lowest BCUT2D eigenvalue weighted by Crippen LogP contribution is -2.64. The molecule has 0 saturated carbocycles. The van der Waals surface area contributed by atoms with E-state index in [1.54, 1.807) is 6.08 Å². The van der Waals surface area contributed by atoms with Crippen LogP contribution in [-0.4, -0.2) is 25.6 Å². The lowest BCUT2D eigenvalue weighted by molar-refractivity contribution is 0.0481. The maximum atomic E-state index is 10.2. The standard InChI is InChI=1S/C19H22O2Si/c1-2-18(20)19-14-9-15-22(21-19,16-10-5-3-6-11-16)17-12-7-4-8-13-17/h2-8,10-13,18-20H,1,9,14-15H2. The lowest BCUT2D eigenvalue weighted by Gasteiger charge is -2.41. The Kier molecular flexibility index (Phi) is 4.57. The number of benzene rings is 2. The molecule has 2 aromatic rings. The van der Waals surface area contributed by atoms with Crippen molar-refractivity contribution in [2.24, 2.45) is 0 Å². The number of hydrogen-bond acceptors (Lipinski definition) is 2. The van der Waals surface area contributed by atoms with Crippen molar-refractivity contribution < 1.29 is 9.53 Å². The SMILES string of the molecule is C=CC(O)C1CCC[Si](c2ccccc2)(c2ccccc2)O1. The minimum Gasteiger partial charge on any atom is -0.402 e. The molecule has 0 amide bonds. The van der Waals surface area contributed by atoms with Crippen LogP contribution >= 0.6 is 0 Å². The Morgan fingerprint density at radius 2 is 1.59 bits per heavy atom. The second-order valence-corrected chi connectivity index (χ2v) is 9.38. The van der Waals surface area contributed by atoms with Crippen molar-refractivity contribution in [3.05, 3.63) is 73.3 Å². The van der Waals surface area contributed by atoms with Crippen LogP contribution in [-0.2, 0) is 4.43 Å². The highest BCUT2D eigenvalue weighted by molar-refractivity contribution is 6.97. The summed E-state index contributed by atoms with van der Waals surface area (Å²) >= 11 is 0. The van der Waals surface area contributed by atoms with Crippen LogP contribution in [0.3, 0.4) is 0 Å². The van der Waals surface area contributed by atoms with Crippen LogP contribution in [0.15, 0.2) is 73.3 Å². The van der Waals surface area contributed by atoms with Crippen molar-refractivity contribution in [1.82, 2.24) is 0 Å². The van der Waals surface area contributed by atoms with Crippen molar-refractivity contribution in [2.75, 3.05) is 0 Å². The van der Waals surface area contributed by atoms with Gasteiger partial charge in [0.25, 0.3) is 8.32 Å². The normalized spacial score (nSPS) is 22.0. The zero-order valence-electron chi connectivity index (χ0n) is 12.7. The molecule has 1 saturated heterocycles. The fourth-order valence-electron chi connectivity index (χ4n) is 3.33. The van der Waals surface area contributed by atoms with E-state index in [0.717, 1.165) is 18.9 Å². The predicted molar refractivity (Wildman–Crippen MR) is 93.0 cm³/mol. The van der Waals surface area contributed by atoms with Crippen LogP contribution in [0, 0.1) is 0 Å². The average molecular weight is 310 g/mol. The molecule has 114 valence electrons. The topological polar surface area (TPSA) is 29.5 Å². The summed E-state index contributed by atoms with van der Waals surface area (Å²) in [4.78, 5) is 0. The molecule has 1 heterocycles. The van der Waals surface area contributed by atoms with Gasteiger partial charge in [-0.1, -0.05) is 73.2 Å². The average Bonchev–Trinajstić information content (AvgIpc) is 2.62. The van der Waals surface area contributed by atoms with E-state index < -0.39 is 14.4 Å². The van der Waals surface area contributed by atoms with E-state index in [4.69, 9.17) is 4.43 Å². The molecule has 0 bridgehead atoms. The minimum atomic E-state index is -2.28. The summed E-state index contributed by atoms with van der Waals surface area (Å²) in [5.74, 6) is 0. The first kappa shape index (κ1) is 15.2. The third-order valence-corrected chi connectivity index (χ3v) is 8.77. The van der Waals surface area contributed by atoms with E-state index in [2.05, 4.69) is 55.1 Å². The van der Waals surface area contributed by atoms with Crippen molar-refractivity contribution in [2.45, 2.75) is 31.1 Å². The molecule has 0 aromatic heterocycles. The van der Waals surface area contributed by atoms with E-state index in [0.29, 0.717) is 0 Å². The largest absolute Gasteiger partial charge is 0.402 e. The smallest absolute Gasteiger partial charge is 0.256 e. The summed E-state index contributed by atoms with van der Waals surface area (Å²) in [6.45, 7) is 3.71. The Bertz CT molecular complexity index is 572. The van der Waals surface area contributed by atoms with Gasteiger partial charge in [-0.25, -0.2) is 0 Å². The Labute approximate surface area is 133 Å². The van der Waals surface area contributed by atoms with Crippen LogP contribution in [0.4, 0.5) is 0 Å². The van der Waals surface area contributed by atoms with Gasteiger partial charge in [-0.3, -0.25) is 0 Å². The molecule has 1 aliphatic heterocycles. The van der Waals surface area contributed by atoms with Crippen molar-refractivity contribution >= 4 is 18.7 Å². The van der Waals surface area contributed by atoms with E-state index in [9.17, 15) is 5.11 Å². The number of hydrogen-bond donors (Lipinski definition) is 1. The van der Waals surface area contributed by atoms with Crippen LogP contribution in [0.1, 0.15) is 12.8 Å². The van der Waals surface area contributed by atoms with Crippen molar-refractivity contribution in [1.29, 1.82) is 0 Å². The maximum absolute atomic E-state index is 10.2. The molecule has 2 unspecified atom stereocenters. The number of aliphatic hydroxyl groups is 1. The summed E-state index contributed by atoms with van der Waals surface area (Å²) < 4.78 is 6.62. The molecule has 0 aliphatic carbocycles. The van der Waals surface area contributed by atoms with Gasteiger partial charge in [0.1, 0.15) is 0 Å². The van der Waals surface area contributed by atoms with Gasteiger partial charge in [0.2, 0.25) is 0 Å². The Balaban J connectivity index is 2.06. The summed E-state index contributed by atoms with van der Waals surface area (Å²) in [6.07, 6.45) is 2.80. The summed E-state index contributed by atoms with van der Waals surface area (Å²) in [5, 5.41) is 12.7. The molecular formula is C19H22O2Si. The third kappa shape index (κ3) is 2.80. The van der Waals surface area contributed by atoms with Gasteiger partial charge in [-0.2, -0.15) is 0 Å². The molecule has 2 aromatic carbocycles. The van der Waals surface area contributed by atoms with Gasteiger partial charge in [0, 0.05) is 0 Å². The van der Waals surface area contributed by atoms with Gasteiger partial charge in [0.15, 0.2) is 0 Å². The van der Waals surface area contributed by atoms with Gasteiger partial charge >= 0.3 is 0 Å². The highest BCUT2D eigenvalue weighted by Crippen LogP contribution is 2.28. The molecular weight excluding hydrogens is 288 g/mol. The molecule has 1 N–H and O–H groups in total. The minimum absolute atomic E-state index is 0.154. The molecule has 1 aliphatic rings. The highest BCUT2D eigenvalue weighted by Gasteiger charge is 2.44. The zero-order chi connectivity index (χ0) is 15.4. The van der Waals surface area contributed by atoms with Crippen molar-refractivity contribution in [3.8, 4) is 0 Å². The number of aliphatic hydroxyl groups excluding tert-OH is 1. The Morgan fingerprint density at radius 3 is 2.09 bits per heavy atom. The number of rotatable bonds is 4. The van der Waals surface area contributed by atoms with Gasteiger partial charge in [-0.05, 0) is 22.8 Å². The second-order valence-electron chi connectivity index (χ2n) is 5.83. The lowest BCUT2D eigenvalue weighted by atomic mass is 10.1. The van der Waals surface area contributed by atoms with Gasteiger partial charge in [-0.15, -0.1) is 6.58 Å². The molecule has 2 atom stereocenters. The molecule has 22 heavy (non-hydrogen) atoms. The maximum Gasteiger partial charge on any atom is 0.256 e. The van der Waals surface area contributed by atoms with Crippen molar-refractivity contribution in [3.63, 3.8) is 0 Å². The first-order valence-electron chi connectivity index (χ1n) is 7.86. The fraction of sp³-hybridized carbons (Fsp3) is 0.263. The Morgan fingerprint density at radius 1 is 1.05 bits per heavy atom. The highest BCUT2D eigenvalue weighted by atomic mass is 28.4. The Hall–Kier alpha value is -1.68. The van der Waals surface area contributed by atoms with Gasteiger partial charge < -0.3 is 9.53 Å². The van der Waals surface area contributed by atoms with E-state index in [-0.39, 0.29) is 6.10 Å². The quantitative estimate of drug-likeness (QED) is 0.694. The first-order valence-corrected chi connectivity index (χ1v) is 9.97. The first-order chi connectivity index (χ1) is 10.8. The molecule has 0 spiro atoms. The second kappa shape index (κ2) is 6.61. The van der Waals surface area contributed by atoms with Crippen LogP contribution in [0.5, 0.6) is 0 Å². The van der Waals surface area contributed by atoms with Crippen LogP contribution in [0.2, 0.25) is 6.04 Å². The summed E-state index contributed by atoms with van der Waals surface area (Å²) in [6, 6.07) is 22.1. The molecule has 3 rings (SSSR count). The molecule has 0 radical (unpaired) electrons. The predicted octanol–water partition coefficient (Wildman–Crippen LogP) is 2.47. The zero-order valence-corrected chi connectivity index (χ0v) is 13.7. The molecule has 1 fully saturated rings. The fourth-order valence-corrected chi connectivity index (χ4v) is 7.57. The monoisotopic (exact) mass is 310 g/mol. The van der Waals surface area contributed by atoms with Crippen LogP contribution in [0.25, 0.3) is 0 Å². The van der Waals surface area contributed by atoms with Crippen LogP contribution < -0.4 is 10.4 Å². The summed E-state index contributed by atoms with van der Waals surface area (Å²) in [7, 11) is -2.28. The van der Waals surface area contributed by atoms with E-state index >= 15 is 0 Å². The van der Waals surface area contributed by atoms with E-state index in [1.807, 2.05) is 12.1 Å².